The number of guanidine groups is 1. The number of allylic oxidation sites excluding steroid dienone is 2. The number of aliphatic imine (C=N–C) groups is 1. The van der Waals surface area contributed by atoms with Gasteiger partial charge in [-0.25, -0.2) is 14.7 Å². The number of amides is 1. The molecule has 10 heteroatoms. The molecule has 4 N–H and O–H groups in total. The molecule has 1 amide bonds. The van der Waals surface area contributed by atoms with E-state index in [1.165, 1.54) is 12.3 Å². The van der Waals surface area contributed by atoms with Gasteiger partial charge in [-0.1, -0.05) is 30.3 Å². The van der Waals surface area contributed by atoms with Crippen LogP contribution >= 0.6 is 11.6 Å². The highest BCUT2D eigenvalue weighted by molar-refractivity contribution is 6.30. The summed E-state index contributed by atoms with van der Waals surface area (Å²) in [6.07, 6.45) is -2.63. The van der Waals surface area contributed by atoms with Gasteiger partial charge >= 0.3 is 12.3 Å². The van der Waals surface area contributed by atoms with Crippen LogP contribution in [0.15, 0.2) is 72.4 Å². The Morgan fingerprint density at radius 1 is 1.28 bits per heavy atom. The van der Waals surface area contributed by atoms with Gasteiger partial charge in [-0.05, 0) is 60.5 Å². The molecule has 2 aromatic rings. The van der Waals surface area contributed by atoms with Gasteiger partial charge in [0.2, 0.25) is 5.96 Å². The molecule has 2 aromatic carbocycles. The first-order valence-electron chi connectivity index (χ1n) is 9.33. The molecule has 6 nitrogen and oxygen atoms in total. The molecule has 0 bridgehead atoms. The number of alkyl halides is 3. The molecule has 170 valence electrons. The largest absolute Gasteiger partial charge is 0.447 e. The van der Waals surface area contributed by atoms with E-state index in [0.29, 0.717) is 10.6 Å². The third-order valence-electron chi connectivity index (χ3n) is 4.01. The molecule has 32 heavy (non-hydrogen) atoms. The fourth-order valence-electron chi connectivity index (χ4n) is 2.44. The summed E-state index contributed by atoms with van der Waals surface area (Å²) in [6, 6.07) is 10.4. The van der Waals surface area contributed by atoms with Gasteiger partial charge in [0.05, 0.1) is 11.3 Å². The molecule has 1 unspecified atom stereocenters. The minimum Gasteiger partial charge on any atom is -0.447 e. The molecule has 0 radical (unpaired) electrons. The predicted molar refractivity (Wildman–Crippen MR) is 120 cm³/mol. The molecule has 1 atom stereocenters. The lowest BCUT2D eigenvalue weighted by Crippen LogP contribution is -2.43. The van der Waals surface area contributed by atoms with Crippen molar-refractivity contribution in [2.24, 2.45) is 16.5 Å². The number of carbonyl (C=O) groups excluding carboxylic acids is 1. The molecule has 0 heterocycles. The van der Waals surface area contributed by atoms with E-state index in [0.717, 1.165) is 34.7 Å². The Bertz CT molecular complexity index is 1020. The Hall–Kier alpha value is -3.30. The smallest absolute Gasteiger partial charge is 0.421 e. The Balaban J connectivity index is 2.29. The zero-order valence-electron chi connectivity index (χ0n) is 17.1. The molecular formula is C22H22ClF3N4O2. The van der Waals surface area contributed by atoms with Crippen LogP contribution in [0.2, 0.25) is 5.02 Å². The second-order valence-corrected chi connectivity index (χ2v) is 7.21. The van der Waals surface area contributed by atoms with Gasteiger partial charge < -0.3 is 16.2 Å². The van der Waals surface area contributed by atoms with Crippen LogP contribution in [0.5, 0.6) is 0 Å². The number of carbonyl (C=O) groups is 1. The number of rotatable bonds is 6. The Labute approximate surface area is 188 Å². The van der Waals surface area contributed by atoms with E-state index < -0.39 is 23.9 Å². The maximum absolute atomic E-state index is 12.9. The first kappa shape index (κ1) is 25.0. The lowest BCUT2D eigenvalue weighted by atomic mass is 10.1. The number of nitrogens with zero attached hydrogens (tertiary/aromatic N) is 2. The maximum atomic E-state index is 12.9. The van der Waals surface area contributed by atoms with Crippen molar-refractivity contribution < 1.29 is 22.7 Å². The summed E-state index contributed by atoms with van der Waals surface area (Å²) in [5.41, 5.74) is 12.0. The van der Waals surface area contributed by atoms with Gasteiger partial charge in [0, 0.05) is 17.3 Å². The fourth-order valence-corrected chi connectivity index (χ4v) is 2.63. The van der Waals surface area contributed by atoms with Gasteiger partial charge in [0.15, 0.2) is 0 Å². The SMILES string of the molecule is C=C(/C=C\N=C(N)N(C(=O)OCC(C)N)c1ccc(C(F)(F)F)cc1)c1cccc(Cl)c1. The van der Waals surface area contributed by atoms with Crippen LogP contribution in [-0.2, 0) is 10.9 Å². The van der Waals surface area contributed by atoms with Crippen molar-refractivity contribution in [3.63, 3.8) is 0 Å². The second-order valence-electron chi connectivity index (χ2n) is 6.77. The third-order valence-corrected chi connectivity index (χ3v) is 4.25. The molecule has 0 saturated heterocycles. The van der Waals surface area contributed by atoms with Crippen LogP contribution in [0.3, 0.4) is 0 Å². The number of nitrogens with two attached hydrogens (primary N) is 2. The van der Waals surface area contributed by atoms with Crippen LogP contribution < -0.4 is 16.4 Å². The summed E-state index contributed by atoms with van der Waals surface area (Å²) >= 11 is 5.96. The van der Waals surface area contributed by atoms with Crippen molar-refractivity contribution in [3.05, 3.63) is 83.5 Å². The van der Waals surface area contributed by atoms with Crippen molar-refractivity contribution in [1.29, 1.82) is 0 Å². The third kappa shape index (κ3) is 7.14. The van der Waals surface area contributed by atoms with E-state index in [2.05, 4.69) is 11.6 Å². The quantitative estimate of drug-likeness (QED) is 0.348. The van der Waals surface area contributed by atoms with Crippen LogP contribution in [0.4, 0.5) is 23.7 Å². The predicted octanol–water partition coefficient (Wildman–Crippen LogP) is 5.19. The van der Waals surface area contributed by atoms with Crippen LogP contribution in [0, 0.1) is 0 Å². The highest BCUT2D eigenvalue weighted by Gasteiger charge is 2.31. The normalized spacial score (nSPS) is 13.1. The molecule has 0 aromatic heterocycles. The number of ether oxygens (including phenoxy) is 1. The van der Waals surface area contributed by atoms with E-state index in [1.54, 1.807) is 31.2 Å². The molecule has 2 rings (SSSR count). The zero-order chi connectivity index (χ0) is 23.9. The average Bonchev–Trinajstić information content (AvgIpc) is 2.72. The van der Waals surface area contributed by atoms with Crippen LogP contribution in [-0.4, -0.2) is 24.7 Å². The van der Waals surface area contributed by atoms with Crippen molar-refractivity contribution in [1.82, 2.24) is 0 Å². The van der Waals surface area contributed by atoms with E-state index in [1.807, 2.05) is 0 Å². The van der Waals surface area contributed by atoms with Crippen LogP contribution in [0.1, 0.15) is 18.1 Å². The highest BCUT2D eigenvalue weighted by Crippen LogP contribution is 2.30. The summed E-state index contributed by atoms with van der Waals surface area (Å²) < 4.78 is 43.7. The highest BCUT2D eigenvalue weighted by atomic mass is 35.5. The maximum Gasteiger partial charge on any atom is 0.421 e. The van der Waals surface area contributed by atoms with E-state index in [-0.39, 0.29) is 18.3 Å². The average molecular weight is 467 g/mol. The summed E-state index contributed by atoms with van der Waals surface area (Å²) in [5, 5.41) is 0.533. The number of halogens is 4. The molecular weight excluding hydrogens is 445 g/mol. The fraction of sp³-hybridized carbons (Fsp3) is 0.182. The summed E-state index contributed by atoms with van der Waals surface area (Å²) in [6.45, 7) is 5.40. The van der Waals surface area contributed by atoms with Gasteiger partial charge in [0.25, 0.3) is 0 Å². The summed E-state index contributed by atoms with van der Waals surface area (Å²) in [5.74, 6) is -0.324. The molecule has 0 spiro atoms. The van der Waals surface area contributed by atoms with E-state index >= 15 is 0 Å². The van der Waals surface area contributed by atoms with Gasteiger partial charge in [-0.2, -0.15) is 13.2 Å². The lowest BCUT2D eigenvalue weighted by molar-refractivity contribution is -0.137. The van der Waals surface area contributed by atoms with Crippen molar-refractivity contribution in [2.75, 3.05) is 11.5 Å². The Morgan fingerprint density at radius 2 is 1.94 bits per heavy atom. The van der Waals surface area contributed by atoms with Gasteiger partial charge in [-0.3, -0.25) is 0 Å². The van der Waals surface area contributed by atoms with E-state index in [9.17, 15) is 18.0 Å². The van der Waals surface area contributed by atoms with Gasteiger partial charge in [-0.15, -0.1) is 0 Å². The topological polar surface area (TPSA) is 93.9 Å². The number of anilines is 1. The van der Waals surface area contributed by atoms with Crippen molar-refractivity contribution >= 4 is 34.9 Å². The minimum absolute atomic E-state index is 0.0380. The molecule has 0 fully saturated rings. The molecule has 0 aliphatic heterocycles. The molecule has 0 aliphatic rings. The Kier molecular flexibility index (Phi) is 8.45. The number of hydrogen-bond donors (Lipinski definition) is 2. The zero-order valence-corrected chi connectivity index (χ0v) is 17.9. The molecule has 0 saturated carbocycles. The summed E-state index contributed by atoms with van der Waals surface area (Å²) in [7, 11) is 0. The van der Waals surface area contributed by atoms with Crippen LogP contribution in [0.25, 0.3) is 5.57 Å². The summed E-state index contributed by atoms with van der Waals surface area (Å²) in [4.78, 5) is 17.4. The monoisotopic (exact) mass is 466 g/mol. The minimum atomic E-state index is -4.53. The molecule has 0 aliphatic carbocycles. The van der Waals surface area contributed by atoms with E-state index in [4.69, 9.17) is 27.8 Å². The van der Waals surface area contributed by atoms with Crippen molar-refractivity contribution in [2.45, 2.75) is 19.1 Å². The standard InChI is InChI=1S/C22H22ClF3N4O2/c1-14(16-4-3-5-18(23)12-16)10-11-29-20(28)30(21(31)32-13-15(2)27)19-8-6-17(7-9-19)22(24,25)26/h3-12,15H,1,13,27H2,2H3,(H2,28,29)/b11-10-. The lowest BCUT2D eigenvalue weighted by Gasteiger charge is -2.22. The van der Waals surface area contributed by atoms with Crippen molar-refractivity contribution in [3.8, 4) is 0 Å². The first-order valence-corrected chi connectivity index (χ1v) is 9.71. The number of benzene rings is 2. The van der Waals surface area contributed by atoms with Gasteiger partial charge in [0.1, 0.15) is 6.61 Å². The second kappa shape index (κ2) is 10.8. The first-order chi connectivity index (χ1) is 15.0. The number of hydrogen-bond acceptors (Lipinski definition) is 4. The Morgan fingerprint density at radius 3 is 2.50 bits per heavy atom.